The summed E-state index contributed by atoms with van der Waals surface area (Å²) in [6.45, 7) is 0. The molecule has 3 aliphatic rings. The molecule has 3 fully saturated rings. The van der Waals surface area contributed by atoms with Crippen molar-refractivity contribution in [2.24, 2.45) is 22.1 Å². The first kappa shape index (κ1) is 24.5. The molecule has 6 nitrogen and oxygen atoms in total. The van der Waals surface area contributed by atoms with Crippen molar-refractivity contribution in [3.63, 3.8) is 0 Å². The van der Waals surface area contributed by atoms with Gasteiger partial charge in [-0.25, -0.2) is 8.42 Å². The Morgan fingerprint density at radius 1 is 0.960 bits per heavy atom. The molecule has 0 saturated heterocycles. The van der Waals surface area contributed by atoms with Crippen molar-refractivity contribution >= 4 is 10.1 Å². The standard InChI is InChI=1S/C16H27N2O4S.2Na/c19-15-9-6-11-10-13(23(20,21)22)7-8-14(11)16(15)18-17-12-4-2-1-3-5-12;;/h1,11-16,19H,2-10H2,(H,20,21,22);;/q-1;2*+1/p-1. The maximum atomic E-state index is 11.3. The van der Waals surface area contributed by atoms with Crippen LogP contribution in [0.5, 0.6) is 0 Å². The van der Waals surface area contributed by atoms with Crippen LogP contribution in [0.25, 0.3) is 0 Å². The molecule has 0 aromatic carbocycles. The molecule has 25 heavy (non-hydrogen) atoms. The number of fused-ring (bicyclic) bond motifs is 1. The molecule has 0 radical (unpaired) electrons. The van der Waals surface area contributed by atoms with E-state index in [0.29, 0.717) is 25.7 Å². The van der Waals surface area contributed by atoms with Crippen LogP contribution >= 0.6 is 0 Å². The van der Waals surface area contributed by atoms with Crippen molar-refractivity contribution in [1.82, 2.24) is 0 Å². The van der Waals surface area contributed by atoms with Crippen LogP contribution in [0, 0.1) is 18.3 Å². The quantitative estimate of drug-likeness (QED) is 0.234. The van der Waals surface area contributed by atoms with Gasteiger partial charge in [0.25, 0.3) is 0 Å². The molecule has 0 spiro atoms. The zero-order valence-electron chi connectivity index (χ0n) is 15.4. The second-order valence-electron chi connectivity index (χ2n) is 7.32. The maximum absolute atomic E-state index is 11.3. The van der Waals surface area contributed by atoms with Crippen LogP contribution in [0.3, 0.4) is 0 Å². The smallest absolute Gasteiger partial charge is 0.748 e. The summed E-state index contributed by atoms with van der Waals surface area (Å²) in [4.78, 5) is 0. The molecule has 9 heteroatoms. The van der Waals surface area contributed by atoms with E-state index in [2.05, 4.69) is 16.6 Å². The summed E-state index contributed by atoms with van der Waals surface area (Å²) in [5, 5.41) is 18.5. The first-order valence-corrected chi connectivity index (χ1v) is 10.3. The van der Waals surface area contributed by atoms with Crippen LogP contribution in [-0.2, 0) is 10.1 Å². The van der Waals surface area contributed by atoms with E-state index in [1.165, 1.54) is 0 Å². The molecule has 0 bridgehead atoms. The van der Waals surface area contributed by atoms with Gasteiger partial charge in [-0.1, -0.05) is 12.8 Å². The molecule has 5 atom stereocenters. The SMILES string of the molecule is O=S(=O)([O-])C1CCC2C(CCC(O)C2N=NC2CC[CH-]CC2)C1.[Na+].[Na+]. The predicted molar refractivity (Wildman–Crippen MR) is 84.8 cm³/mol. The van der Waals surface area contributed by atoms with Crippen molar-refractivity contribution in [2.75, 3.05) is 0 Å². The third kappa shape index (κ3) is 6.50. The van der Waals surface area contributed by atoms with Crippen LogP contribution in [0.4, 0.5) is 0 Å². The second-order valence-corrected chi connectivity index (χ2v) is 8.97. The molecule has 0 aromatic heterocycles. The number of azo groups is 1. The van der Waals surface area contributed by atoms with Crippen molar-refractivity contribution < 1.29 is 77.2 Å². The van der Waals surface area contributed by atoms with Crippen LogP contribution in [0.1, 0.15) is 57.8 Å². The molecule has 3 saturated carbocycles. The Kier molecular flexibility index (Phi) is 10.6. The largest absolute Gasteiger partial charge is 1.00 e. The molecule has 3 rings (SSSR count). The molecule has 1 N–H and O–H groups in total. The van der Waals surface area contributed by atoms with Gasteiger partial charge < -0.3 is 16.1 Å². The first-order chi connectivity index (χ1) is 10.9. The Morgan fingerprint density at radius 3 is 2.28 bits per heavy atom. The molecular formula is C16H26N2Na2O4S. The van der Waals surface area contributed by atoms with Crippen LogP contribution in [0.15, 0.2) is 10.2 Å². The Hall–Kier alpha value is 1.47. The summed E-state index contributed by atoms with van der Waals surface area (Å²) in [7, 11) is -4.21. The molecule has 0 heterocycles. The third-order valence-corrected chi connectivity index (χ3v) is 7.08. The molecule has 5 unspecified atom stereocenters. The summed E-state index contributed by atoms with van der Waals surface area (Å²) in [6.07, 6.45) is 8.86. The Bertz CT molecular complexity index is 540. The number of aliphatic hydroxyl groups excluding tert-OH is 1. The average Bonchev–Trinajstić information content (AvgIpc) is 2.53. The number of aliphatic hydroxyl groups is 1. The van der Waals surface area contributed by atoms with Gasteiger partial charge >= 0.3 is 59.1 Å². The molecule has 132 valence electrons. The van der Waals surface area contributed by atoms with E-state index in [1.54, 1.807) is 0 Å². The fraction of sp³-hybridized carbons (Fsp3) is 0.938. The van der Waals surface area contributed by atoms with E-state index < -0.39 is 21.5 Å². The number of hydrogen-bond acceptors (Lipinski definition) is 6. The van der Waals surface area contributed by atoms with Crippen molar-refractivity contribution in [2.45, 2.75) is 81.2 Å². The van der Waals surface area contributed by atoms with E-state index in [-0.39, 0.29) is 83.0 Å². The minimum absolute atomic E-state index is 0. The fourth-order valence-electron chi connectivity index (χ4n) is 4.49. The topological polar surface area (TPSA) is 102 Å². The van der Waals surface area contributed by atoms with Gasteiger partial charge in [-0.3, -0.25) is 0 Å². The zero-order valence-corrected chi connectivity index (χ0v) is 20.2. The molecule has 0 amide bonds. The van der Waals surface area contributed by atoms with E-state index >= 15 is 0 Å². The van der Waals surface area contributed by atoms with Crippen LogP contribution in [-0.4, -0.2) is 41.5 Å². The van der Waals surface area contributed by atoms with Crippen LogP contribution in [0.2, 0.25) is 0 Å². The molecule has 0 aliphatic heterocycles. The predicted octanol–water partition coefficient (Wildman–Crippen LogP) is -3.55. The monoisotopic (exact) mass is 388 g/mol. The minimum Gasteiger partial charge on any atom is -0.748 e. The molecule has 3 aliphatic carbocycles. The van der Waals surface area contributed by atoms with Gasteiger partial charge in [-0.2, -0.15) is 23.1 Å². The summed E-state index contributed by atoms with van der Waals surface area (Å²) >= 11 is 0. The molecule has 0 aromatic rings. The Balaban J connectivity index is 0.00000156. The van der Waals surface area contributed by atoms with E-state index in [4.69, 9.17) is 0 Å². The van der Waals surface area contributed by atoms with E-state index in [1.807, 2.05) is 0 Å². The zero-order chi connectivity index (χ0) is 16.4. The van der Waals surface area contributed by atoms with Crippen molar-refractivity contribution in [3.05, 3.63) is 6.42 Å². The minimum atomic E-state index is -4.21. The number of nitrogens with zero attached hydrogens (tertiary/aromatic N) is 2. The maximum Gasteiger partial charge on any atom is 1.00 e. The second kappa shape index (κ2) is 10.9. The van der Waals surface area contributed by atoms with E-state index in [9.17, 15) is 18.1 Å². The van der Waals surface area contributed by atoms with Gasteiger partial charge in [0.2, 0.25) is 0 Å². The van der Waals surface area contributed by atoms with E-state index in [0.717, 1.165) is 32.1 Å². The van der Waals surface area contributed by atoms with Gasteiger partial charge in [0.1, 0.15) is 0 Å². The summed E-state index contributed by atoms with van der Waals surface area (Å²) < 4.78 is 33.9. The van der Waals surface area contributed by atoms with Gasteiger partial charge in [0.05, 0.1) is 28.3 Å². The average molecular weight is 388 g/mol. The van der Waals surface area contributed by atoms with Crippen molar-refractivity contribution in [3.8, 4) is 0 Å². The van der Waals surface area contributed by atoms with Gasteiger partial charge in [-0.15, -0.1) is 0 Å². The van der Waals surface area contributed by atoms with Gasteiger partial charge in [0, 0.05) is 5.25 Å². The summed E-state index contributed by atoms with van der Waals surface area (Å²) in [5.74, 6) is 0.333. The summed E-state index contributed by atoms with van der Waals surface area (Å²) in [5.41, 5.74) is 0. The molecular weight excluding hydrogens is 362 g/mol. The van der Waals surface area contributed by atoms with Gasteiger partial charge in [0.15, 0.2) is 0 Å². The number of rotatable bonds is 3. The van der Waals surface area contributed by atoms with Crippen molar-refractivity contribution in [1.29, 1.82) is 0 Å². The van der Waals surface area contributed by atoms with Crippen LogP contribution < -0.4 is 59.1 Å². The Labute approximate surface area is 195 Å². The third-order valence-electron chi connectivity index (χ3n) is 5.84. The summed E-state index contributed by atoms with van der Waals surface area (Å²) in [6, 6.07) is 0.0286. The number of hydrogen-bond donors (Lipinski definition) is 1. The first-order valence-electron chi connectivity index (χ1n) is 8.79. The van der Waals surface area contributed by atoms with Gasteiger partial charge in [-0.05, 0) is 43.9 Å². The normalized spacial score (nSPS) is 37.0. The fourth-order valence-corrected chi connectivity index (χ4v) is 5.40. The Morgan fingerprint density at radius 2 is 1.64 bits per heavy atom.